The van der Waals surface area contributed by atoms with E-state index in [1.165, 1.54) is 7.11 Å². The molecule has 0 N–H and O–H groups in total. The molecule has 0 atom stereocenters. The van der Waals surface area contributed by atoms with Crippen molar-refractivity contribution >= 4 is 21.9 Å². The van der Waals surface area contributed by atoms with Crippen LogP contribution in [-0.4, -0.2) is 18.1 Å². The average Bonchev–Trinajstić information content (AvgIpc) is 2.08. The van der Waals surface area contributed by atoms with Gasteiger partial charge in [-0.15, -0.1) is 0 Å². The molecule has 1 aromatic rings. The molecule has 4 heteroatoms. The highest BCUT2D eigenvalue weighted by Crippen LogP contribution is 2.13. The number of hydrogen-bond acceptors (Lipinski definition) is 3. The Morgan fingerprint density at radius 1 is 1.67 bits per heavy atom. The lowest BCUT2D eigenvalue weighted by Crippen LogP contribution is -2.04. The molecule has 0 radical (unpaired) electrons. The minimum atomic E-state index is -0.360. The topological polar surface area (TPSA) is 39.2 Å². The molecule has 0 bridgehead atoms. The lowest BCUT2D eigenvalue weighted by Gasteiger charge is -2.02. The first-order valence-electron chi connectivity index (χ1n) is 3.35. The smallest absolute Gasteiger partial charge is 0.339 e. The van der Waals surface area contributed by atoms with E-state index in [2.05, 4.69) is 25.7 Å². The molecule has 64 valence electrons. The van der Waals surface area contributed by atoms with E-state index in [-0.39, 0.29) is 5.97 Å². The molecule has 3 nitrogen and oxygen atoms in total. The van der Waals surface area contributed by atoms with Crippen molar-refractivity contribution in [1.29, 1.82) is 0 Å². The van der Waals surface area contributed by atoms with E-state index in [1.54, 1.807) is 19.2 Å². The van der Waals surface area contributed by atoms with E-state index >= 15 is 0 Å². The van der Waals surface area contributed by atoms with Gasteiger partial charge in [0.2, 0.25) is 0 Å². The van der Waals surface area contributed by atoms with Crippen LogP contribution in [0.4, 0.5) is 0 Å². The molecule has 0 amide bonds. The number of methoxy groups -OCH3 is 1. The fourth-order valence-electron chi connectivity index (χ4n) is 0.824. The standard InChI is InChI=1S/C8H8BrNO2/c1-5-7(8(11)12-2)3-6(9)4-10-5/h3-4H,1-2H3. The van der Waals surface area contributed by atoms with Crippen LogP contribution in [0.3, 0.4) is 0 Å². The zero-order valence-corrected chi connectivity index (χ0v) is 8.38. The van der Waals surface area contributed by atoms with Crippen LogP contribution in [0, 0.1) is 6.92 Å². The third kappa shape index (κ3) is 1.82. The second-order valence-electron chi connectivity index (χ2n) is 2.28. The molecular formula is C8H8BrNO2. The Morgan fingerprint density at radius 3 is 2.92 bits per heavy atom. The van der Waals surface area contributed by atoms with Crippen molar-refractivity contribution in [2.24, 2.45) is 0 Å². The summed E-state index contributed by atoms with van der Waals surface area (Å²) in [4.78, 5) is 15.1. The first-order chi connectivity index (χ1) is 5.65. The number of halogens is 1. The quantitative estimate of drug-likeness (QED) is 0.692. The molecule has 0 unspecified atom stereocenters. The monoisotopic (exact) mass is 229 g/mol. The van der Waals surface area contributed by atoms with Crippen LogP contribution in [0.5, 0.6) is 0 Å². The Hall–Kier alpha value is -0.900. The number of pyridine rings is 1. The van der Waals surface area contributed by atoms with Crippen molar-refractivity contribution in [3.8, 4) is 0 Å². The normalized spacial score (nSPS) is 9.58. The number of aryl methyl sites for hydroxylation is 1. The average molecular weight is 230 g/mol. The third-order valence-corrected chi connectivity index (χ3v) is 1.89. The maximum absolute atomic E-state index is 11.1. The molecule has 0 aromatic carbocycles. The fraction of sp³-hybridized carbons (Fsp3) is 0.250. The van der Waals surface area contributed by atoms with Gasteiger partial charge in [-0.1, -0.05) is 0 Å². The molecule has 1 rings (SSSR count). The first kappa shape index (κ1) is 9.19. The number of rotatable bonds is 1. The second kappa shape index (κ2) is 3.67. The second-order valence-corrected chi connectivity index (χ2v) is 3.19. The molecule has 0 saturated heterocycles. The maximum Gasteiger partial charge on any atom is 0.339 e. The van der Waals surface area contributed by atoms with Gasteiger partial charge in [0.1, 0.15) is 0 Å². The summed E-state index contributed by atoms with van der Waals surface area (Å²) < 4.78 is 5.34. The third-order valence-electron chi connectivity index (χ3n) is 1.46. The number of hydrogen-bond donors (Lipinski definition) is 0. The fourth-order valence-corrected chi connectivity index (χ4v) is 1.16. The molecule has 0 saturated carbocycles. The van der Waals surface area contributed by atoms with Crippen LogP contribution >= 0.6 is 15.9 Å². The van der Waals surface area contributed by atoms with Crippen LogP contribution < -0.4 is 0 Å². The first-order valence-corrected chi connectivity index (χ1v) is 4.15. The Labute approximate surface area is 78.9 Å². The van der Waals surface area contributed by atoms with Gasteiger partial charge in [0.05, 0.1) is 18.4 Å². The number of carbonyl (C=O) groups excluding carboxylic acids is 1. The van der Waals surface area contributed by atoms with Crippen LogP contribution in [0.1, 0.15) is 16.1 Å². The summed E-state index contributed by atoms with van der Waals surface area (Å²) >= 11 is 3.22. The maximum atomic E-state index is 11.1. The van der Waals surface area contributed by atoms with Crippen molar-refractivity contribution < 1.29 is 9.53 Å². The molecule has 1 heterocycles. The Balaban J connectivity index is 3.13. The summed E-state index contributed by atoms with van der Waals surface area (Å²) in [5.74, 6) is -0.360. The van der Waals surface area contributed by atoms with Gasteiger partial charge in [0.25, 0.3) is 0 Å². The van der Waals surface area contributed by atoms with E-state index in [0.29, 0.717) is 11.3 Å². The van der Waals surface area contributed by atoms with Crippen LogP contribution in [0.25, 0.3) is 0 Å². The predicted octanol–water partition coefficient (Wildman–Crippen LogP) is 1.94. The van der Waals surface area contributed by atoms with E-state index in [1.807, 2.05) is 0 Å². The molecule has 1 aromatic heterocycles. The Bertz CT molecular complexity index is 312. The van der Waals surface area contributed by atoms with Gasteiger partial charge >= 0.3 is 5.97 Å². The van der Waals surface area contributed by atoms with Gasteiger partial charge in [-0.05, 0) is 28.9 Å². The molecule has 0 aliphatic rings. The van der Waals surface area contributed by atoms with Gasteiger partial charge in [-0.2, -0.15) is 0 Å². The minimum Gasteiger partial charge on any atom is -0.465 e. The van der Waals surface area contributed by atoms with Crippen molar-refractivity contribution in [1.82, 2.24) is 4.98 Å². The van der Waals surface area contributed by atoms with Crippen LogP contribution in [-0.2, 0) is 4.74 Å². The molecule has 12 heavy (non-hydrogen) atoms. The summed E-state index contributed by atoms with van der Waals surface area (Å²) in [7, 11) is 1.35. The lowest BCUT2D eigenvalue weighted by molar-refractivity contribution is 0.0599. The molecule has 0 aliphatic heterocycles. The number of carbonyl (C=O) groups is 1. The highest BCUT2D eigenvalue weighted by Gasteiger charge is 2.09. The van der Waals surface area contributed by atoms with Crippen molar-refractivity contribution in [3.05, 3.63) is 28.0 Å². The van der Waals surface area contributed by atoms with Crippen molar-refractivity contribution in [3.63, 3.8) is 0 Å². The highest BCUT2D eigenvalue weighted by atomic mass is 79.9. The summed E-state index contributed by atoms with van der Waals surface area (Å²) in [5.41, 5.74) is 1.16. The zero-order chi connectivity index (χ0) is 9.14. The van der Waals surface area contributed by atoms with Crippen LogP contribution in [0.15, 0.2) is 16.7 Å². The summed E-state index contributed by atoms with van der Waals surface area (Å²) in [6.07, 6.45) is 1.64. The molecular weight excluding hydrogens is 222 g/mol. The number of nitrogens with zero attached hydrogens (tertiary/aromatic N) is 1. The van der Waals surface area contributed by atoms with E-state index < -0.39 is 0 Å². The summed E-state index contributed by atoms with van der Waals surface area (Å²) in [5, 5.41) is 0. The van der Waals surface area contributed by atoms with Gasteiger partial charge < -0.3 is 4.74 Å². The molecule has 0 aliphatic carbocycles. The Kier molecular flexibility index (Phi) is 2.81. The van der Waals surface area contributed by atoms with Gasteiger partial charge in [0.15, 0.2) is 0 Å². The Morgan fingerprint density at radius 2 is 2.33 bits per heavy atom. The minimum absolute atomic E-state index is 0.360. The highest BCUT2D eigenvalue weighted by molar-refractivity contribution is 9.10. The number of ether oxygens (including phenoxy) is 1. The van der Waals surface area contributed by atoms with Gasteiger partial charge in [0, 0.05) is 10.7 Å². The van der Waals surface area contributed by atoms with E-state index in [0.717, 1.165) is 4.47 Å². The van der Waals surface area contributed by atoms with E-state index in [9.17, 15) is 4.79 Å². The zero-order valence-electron chi connectivity index (χ0n) is 6.80. The number of esters is 1. The largest absolute Gasteiger partial charge is 0.465 e. The summed E-state index contributed by atoms with van der Waals surface area (Å²) in [6.45, 7) is 1.76. The molecule has 0 spiro atoms. The SMILES string of the molecule is COC(=O)c1cc(Br)cnc1C. The van der Waals surface area contributed by atoms with Crippen LogP contribution in [0.2, 0.25) is 0 Å². The van der Waals surface area contributed by atoms with Gasteiger partial charge in [-0.25, -0.2) is 4.79 Å². The lowest BCUT2D eigenvalue weighted by atomic mass is 10.2. The molecule has 0 fully saturated rings. The summed E-state index contributed by atoms with van der Waals surface area (Å²) in [6, 6.07) is 1.69. The van der Waals surface area contributed by atoms with Crippen molar-refractivity contribution in [2.45, 2.75) is 6.92 Å². The van der Waals surface area contributed by atoms with E-state index in [4.69, 9.17) is 0 Å². The predicted molar refractivity (Wildman–Crippen MR) is 48.0 cm³/mol. The van der Waals surface area contributed by atoms with Gasteiger partial charge in [-0.3, -0.25) is 4.98 Å². The van der Waals surface area contributed by atoms with Crippen molar-refractivity contribution in [2.75, 3.05) is 7.11 Å². The number of aromatic nitrogens is 1.